The number of ether oxygens (including phenoxy) is 2. The number of piperidine rings is 1. The molecule has 1 aliphatic heterocycles. The average Bonchev–Trinajstić information content (AvgIpc) is 3.20. The van der Waals surface area contributed by atoms with Crippen molar-refractivity contribution < 1.29 is 24.2 Å². The van der Waals surface area contributed by atoms with Crippen molar-refractivity contribution in [3.63, 3.8) is 0 Å². The summed E-state index contributed by atoms with van der Waals surface area (Å²) in [5.74, 6) is -1.05. The maximum atomic E-state index is 13.1. The molecule has 2 aromatic rings. The number of aromatic nitrogens is 3. The Balaban J connectivity index is 2.20. The maximum absolute atomic E-state index is 13.1. The van der Waals surface area contributed by atoms with Crippen LogP contribution >= 0.6 is 0 Å². The molecular weight excluding hydrogens is 448 g/mol. The van der Waals surface area contributed by atoms with E-state index in [0.717, 1.165) is 12.8 Å². The minimum atomic E-state index is -1.14. The highest BCUT2D eigenvalue weighted by Crippen LogP contribution is 2.39. The Kier molecular flexibility index (Phi) is 7.69. The second-order valence-corrected chi connectivity index (χ2v) is 10.1. The molecule has 0 saturated carbocycles. The number of fused-ring (bicyclic) bond motifs is 1. The largest absolute Gasteiger partial charge is 0.476 e. The first kappa shape index (κ1) is 26.4. The van der Waals surface area contributed by atoms with E-state index in [1.807, 2.05) is 26.8 Å². The zero-order chi connectivity index (χ0) is 26.0. The summed E-state index contributed by atoms with van der Waals surface area (Å²) in [6, 6.07) is 1.44. The molecule has 0 radical (unpaired) electrons. The Morgan fingerprint density at radius 1 is 1.31 bits per heavy atom. The summed E-state index contributed by atoms with van der Waals surface area (Å²) >= 11 is 0. The summed E-state index contributed by atoms with van der Waals surface area (Å²) in [5.41, 5.74) is 0.739. The lowest BCUT2D eigenvalue weighted by Gasteiger charge is -2.40. The van der Waals surface area contributed by atoms with Gasteiger partial charge in [-0.2, -0.15) is 9.61 Å². The van der Waals surface area contributed by atoms with Crippen molar-refractivity contribution in [3.05, 3.63) is 47.8 Å². The van der Waals surface area contributed by atoms with Crippen LogP contribution in [0.3, 0.4) is 0 Å². The molecule has 3 rings (SSSR count). The van der Waals surface area contributed by atoms with Crippen molar-refractivity contribution in [3.8, 4) is 0 Å². The molecule has 9 nitrogen and oxygen atoms in total. The lowest BCUT2D eigenvalue weighted by atomic mass is 9.80. The fourth-order valence-corrected chi connectivity index (χ4v) is 4.32. The van der Waals surface area contributed by atoms with Gasteiger partial charge in [0.25, 0.3) is 0 Å². The summed E-state index contributed by atoms with van der Waals surface area (Å²) in [5, 5.41) is 13.9. The van der Waals surface area contributed by atoms with Gasteiger partial charge in [-0.1, -0.05) is 31.7 Å². The number of anilines is 1. The van der Waals surface area contributed by atoms with Gasteiger partial charge in [0.05, 0.1) is 17.8 Å². The number of carbonyl (C=O) groups excluding carboxylic acids is 1. The molecule has 0 aromatic carbocycles. The van der Waals surface area contributed by atoms with Crippen LogP contribution in [0.5, 0.6) is 0 Å². The van der Waals surface area contributed by atoms with Gasteiger partial charge in [0.1, 0.15) is 5.82 Å². The van der Waals surface area contributed by atoms with Crippen LogP contribution in [0.25, 0.3) is 5.65 Å². The van der Waals surface area contributed by atoms with Crippen LogP contribution in [0.2, 0.25) is 0 Å². The molecule has 9 heteroatoms. The van der Waals surface area contributed by atoms with Crippen molar-refractivity contribution >= 4 is 23.4 Å². The van der Waals surface area contributed by atoms with Gasteiger partial charge in [-0.15, -0.1) is 0 Å². The predicted octanol–water partition coefficient (Wildman–Crippen LogP) is 4.50. The number of hydrogen-bond donors (Lipinski definition) is 1. The second-order valence-electron chi connectivity index (χ2n) is 10.1. The molecular formula is C26H36N4O5. The summed E-state index contributed by atoms with van der Waals surface area (Å²) in [4.78, 5) is 31.6. The Bertz CT molecular complexity index is 1140. The van der Waals surface area contributed by atoms with Crippen molar-refractivity contribution in [1.29, 1.82) is 0 Å². The van der Waals surface area contributed by atoms with Crippen molar-refractivity contribution in [2.24, 2.45) is 5.41 Å². The van der Waals surface area contributed by atoms with Crippen molar-refractivity contribution in [2.45, 2.75) is 66.1 Å². The van der Waals surface area contributed by atoms with E-state index >= 15 is 0 Å². The number of aryl methyl sites for hydroxylation is 1. The predicted molar refractivity (Wildman–Crippen MR) is 134 cm³/mol. The van der Waals surface area contributed by atoms with Gasteiger partial charge in [0.15, 0.2) is 17.4 Å². The fraction of sp³-hybridized carbons (Fsp3) is 0.538. The second kappa shape index (κ2) is 10.2. The third-order valence-electron chi connectivity index (χ3n) is 6.10. The summed E-state index contributed by atoms with van der Waals surface area (Å²) in [6.07, 6.45) is 6.58. The normalized spacial score (nSPS) is 17.0. The fourth-order valence-electron chi connectivity index (χ4n) is 4.32. The number of aromatic carboxylic acids is 1. The molecule has 0 bridgehead atoms. The minimum Gasteiger partial charge on any atom is -0.476 e. The lowest BCUT2D eigenvalue weighted by molar-refractivity contribution is -0.166. The average molecular weight is 485 g/mol. The number of nitrogens with zero attached hydrogens (tertiary/aromatic N) is 4. The SMILES string of the molecule is C=C/C=C/C1(C)CCN(c2c(C(OC(C)(C)C)C(=O)OCC)c(C)nc3cc(C(=O)O)nn23)CC1. The van der Waals surface area contributed by atoms with Crippen molar-refractivity contribution in [2.75, 3.05) is 24.6 Å². The Hall–Kier alpha value is -3.20. The number of allylic oxidation sites excluding steroid dienone is 3. The van der Waals surface area contributed by atoms with Gasteiger partial charge in [0, 0.05) is 24.8 Å². The number of carboxylic acid groups (broad SMARTS) is 1. The van der Waals surface area contributed by atoms with Crippen LogP contribution in [0, 0.1) is 12.3 Å². The van der Waals surface area contributed by atoms with Crippen LogP contribution < -0.4 is 4.90 Å². The molecule has 0 amide bonds. The molecule has 35 heavy (non-hydrogen) atoms. The van der Waals surface area contributed by atoms with E-state index in [4.69, 9.17) is 9.47 Å². The van der Waals surface area contributed by atoms with E-state index in [-0.39, 0.29) is 17.7 Å². The maximum Gasteiger partial charge on any atom is 0.356 e. The van der Waals surface area contributed by atoms with Crippen LogP contribution in [-0.4, -0.2) is 56.9 Å². The van der Waals surface area contributed by atoms with Crippen LogP contribution in [-0.2, 0) is 14.3 Å². The quantitative estimate of drug-likeness (QED) is 0.431. The number of hydrogen-bond acceptors (Lipinski definition) is 7. The molecule has 1 fully saturated rings. The molecule has 1 atom stereocenters. The van der Waals surface area contributed by atoms with Gasteiger partial charge in [0.2, 0.25) is 0 Å². The molecule has 1 aliphatic rings. The van der Waals surface area contributed by atoms with Crippen LogP contribution in [0.4, 0.5) is 5.82 Å². The smallest absolute Gasteiger partial charge is 0.356 e. The number of carboxylic acids is 1. The highest BCUT2D eigenvalue weighted by molar-refractivity contribution is 5.87. The topological polar surface area (TPSA) is 106 Å². The first-order valence-electron chi connectivity index (χ1n) is 11.9. The molecule has 0 spiro atoms. The van der Waals surface area contributed by atoms with Gasteiger partial charge in [-0.3, -0.25) is 0 Å². The molecule has 1 saturated heterocycles. The van der Waals surface area contributed by atoms with Gasteiger partial charge >= 0.3 is 11.9 Å². The van der Waals surface area contributed by atoms with Crippen LogP contribution in [0.1, 0.15) is 75.3 Å². The van der Waals surface area contributed by atoms with E-state index in [1.165, 1.54) is 10.6 Å². The van der Waals surface area contributed by atoms with Gasteiger partial charge in [-0.05, 0) is 52.9 Å². The number of carbonyl (C=O) groups is 2. The van der Waals surface area contributed by atoms with E-state index in [0.29, 0.717) is 35.8 Å². The molecule has 1 unspecified atom stereocenters. The van der Waals surface area contributed by atoms with E-state index in [2.05, 4.69) is 34.6 Å². The molecule has 1 N–H and O–H groups in total. The zero-order valence-corrected chi connectivity index (χ0v) is 21.5. The molecule has 3 heterocycles. The van der Waals surface area contributed by atoms with Gasteiger partial charge in [-0.25, -0.2) is 14.6 Å². The lowest BCUT2D eigenvalue weighted by Crippen LogP contribution is -2.40. The summed E-state index contributed by atoms with van der Waals surface area (Å²) < 4.78 is 13.1. The third-order valence-corrected chi connectivity index (χ3v) is 6.10. The third kappa shape index (κ3) is 5.90. The number of rotatable bonds is 8. The Morgan fingerprint density at radius 2 is 1.97 bits per heavy atom. The molecule has 2 aromatic heterocycles. The first-order chi connectivity index (χ1) is 16.4. The molecule has 0 aliphatic carbocycles. The van der Waals surface area contributed by atoms with E-state index in [9.17, 15) is 14.7 Å². The van der Waals surface area contributed by atoms with Crippen molar-refractivity contribution in [1.82, 2.24) is 14.6 Å². The van der Waals surface area contributed by atoms with E-state index in [1.54, 1.807) is 19.9 Å². The number of esters is 1. The standard InChI is InChI=1S/C26H36N4O5/c1-8-10-11-26(7)12-14-29(15-13-26)22-20(21(24(33)34-9-2)35-25(4,5)6)17(3)27-19-16-18(23(31)32)28-30(19)22/h8,10-11,16,21H,1,9,12-15H2,2-7H3,(H,31,32)/b11-10+. The molecule has 190 valence electrons. The minimum absolute atomic E-state index is 0.00480. The highest BCUT2D eigenvalue weighted by atomic mass is 16.6. The Labute approximate surface area is 206 Å². The highest BCUT2D eigenvalue weighted by Gasteiger charge is 2.37. The zero-order valence-electron chi connectivity index (χ0n) is 21.5. The first-order valence-corrected chi connectivity index (χ1v) is 11.9. The summed E-state index contributed by atoms with van der Waals surface area (Å²) in [7, 11) is 0. The summed E-state index contributed by atoms with van der Waals surface area (Å²) in [6.45, 7) is 16.7. The van der Waals surface area contributed by atoms with Gasteiger partial charge < -0.3 is 19.5 Å². The van der Waals surface area contributed by atoms with Crippen LogP contribution in [0.15, 0.2) is 30.9 Å². The van der Waals surface area contributed by atoms with E-state index < -0.39 is 23.6 Å². The Morgan fingerprint density at radius 3 is 2.51 bits per heavy atom. The monoisotopic (exact) mass is 484 g/mol.